The number of nitrogens with zero attached hydrogens (tertiary/aromatic N) is 2. The van der Waals surface area contributed by atoms with Crippen LogP contribution in [0.2, 0.25) is 0 Å². The molecular formula is C11H23N3OS. The van der Waals surface area contributed by atoms with Crippen molar-refractivity contribution in [1.29, 1.82) is 0 Å². The van der Waals surface area contributed by atoms with Crippen molar-refractivity contribution in [3.63, 3.8) is 0 Å². The highest BCUT2D eigenvalue weighted by atomic mass is 32.2. The van der Waals surface area contributed by atoms with Crippen LogP contribution in [0.3, 0.4) is 0 Å². The smallest absolute Gasteiger partial charge is 0.240 e. The van der Waals surface area contributed by atoms with Crippen LogP contribution in [0.4, 0.5) is 0 Å². The summed E-state index contributed by atoms with van der Waals surface area (Å²) in [6.45, 7) is 2.83. The first-order valence-corrected chi connectivity index (χ1v) is 6.97. The molecule has 1 aliphatic heterocycles. The zero-order valence-electron chi connectivity index (χ0n) is 10.5. The van der Waals surface area contributed by atoms with Gasteiger partial charge in [0.05, 0.1) is 6.04 Å². The van der Waals surface area contributed by atoms with Crippen LogP contribution >= 0.6 is 11.8 Å². The number of carbonyl (C=O) groups excluding carboxylic acids is 1. The first-order valence-electron chi connectivity index (χ1n) is 5.82. The van der Waals surface area contributed by atoms with E-state index in [4.69, 9.17) is 0 Å². The Morgan fingerprint density at radius 3 is 2.69 bits per heavy atom. The third-order valence-electron chi connectivity index (χ3n) is 2.69. The lowest BCUT2D eigenvalue weighted by Crippen LogP contribution is -2.49. The van der Waals surface area contributed by atoms with E-state index in [1.54, 1.807) is 0 Å². The van der Waals surface area contributed by atoms with E-state index in [-0.39, 0.29) is 11.9 Å². The van der Waals surface area contributed by atoms with E-state index in [2.05, 4.69) is 24.3 Å². The van der Waals surface area contributed by atoms with Gasteiger partial charge in [-0.25, -0.2) is 0 Å². The summed E-state index contributed by atoms with van der Waals surface area (Å²) < 4.78 is 0. The normalized spacial score (nSPS) is 21.1. The molecule has 1 saturated heterocycles. The predicted octanol–water partition coefficient (Wildman–Crippen LogP) is 0.102. The molecular weight excluding hydrogens is 222 g/mol. The average molecular weight is 245 g/mol. The second-order valence-electron chi connectivity index (χ2n) is 4.50. The highest BCUT2D eigenvalue weighted by Crippen LogP contribution is 2.09. The van der Waals surface area contributed by atoms with Gasteiger partial charge in [0.15, 0.2) is 0 Å². The summed E-state index contributed by atoms with van der Waals surface area (Å²) in [5.74, 6) is 2.27. The van der Waals surface area contributed by atoms with Crippen LogP contribution in [0.15, 0.2) is 0 Å². The first-order chi connectivity index (χ1) is 7.61. The molecule has 94 valence electrons. The van der Waals surface area contributed by atoms with E-state index in [9.17, 15) is 4.79 Å². The SMILES string of the molecule is CN(C)CCCN(C)C(=O)C1CSCCN1. The van der Waals surface area contributed by atoms with Crippen LogP contribution in [0.25, 0.3) is 0 Å². The van der Waals surface area contributed by atoms with Gasteiger partial charge in [-0.3, -0.25) is 4.79 Å². The lowest BCUT2D eigenvalue weighted by Gasteiger charge is -2.27. The van der Waals surface area contributed by atoms with Crippen molar-refractivity contribution in [3.8, 4) is 0 Å². The van der Waals surface area contributed by atoms with Gasteiger partial charge in [-0.05, 0) is 27.1 Å². The molecule has 0 radical (unpaired) electrons. The Labute approximate surface area is 103 Å². The molecule has 0 bridgehead atoms. The van der Waals surface area contributed by atoms with E-state index in [1.807, 2.05) is 23.7 Å². The molecule has 0 aliphatic carbocycles. The molecule has 1 heterocycles. The summed E-state index contributed by atoms with van der Waals surface area (Å²) in [6.07, 6.45) is 1.04. The summed E-state index contributed by atoms with van der Waals surface area (Å²) in [5.41, 5.74) is 0. The quantitative estimate of drug-likeness (QED) is 0.745. The molecule has 1 N–H and O–H groups in total. The van der Waals surface area contributed by atoms with Crippen LogP contribution in [-0.2, 0) is 4.79 Å². The minimum atomic E-state index is 0.0307. The van der Waals surface area contributed by atoms with Gasteiger partial charge in [0.25, 0.3) is 0 Å². The largest absolute Gasteiger partial charge is 0.344 e. The monoisotopic (exact) mass is 245 g/mol. The van der Waals surface area contributed by atoms with E-state index in [0.717, 1.165) is 37.6 Å². The van der Waals surface area contributed by atoms with Gasteiger partial charge in [0, 0.05) is 31.6 Å². The summed E-state index contributed by atoms with van der Waals surface area (Å²) in [7, 11) is 6.02. The second-order valence-corrected chi connectivity index (χ2v) is 5.65. The van der Waals surface area contributed by atoms with Crippen molar-refractivity contribution in [3.05, 3.63) is 0 Å². The molecule has 16 heavy (non-hydrogen) atoms. The van der Waals surface area contributed by atoms with Crippen molar-refractivity contribution in [2.45, 2.75) is 12.5 Å². The lowest BCUT2D eigenvalue weighted by atomic mass is 10.2. The zero-order valence-corrected chi connectivity index (χ0v) is 11.3. The van der Waals surface area contributed by atoms with Gasteiger partial charge in [0.1, 0.15) is 0 Å². The molecule has 4 nitrogen and oxygen atoms in total. The van der Waals surface area contributed by atoms with Crippen LogP contribution in [0.1, 0.15) is 6.42 Å². The molecule has 1 amide bonds. The van der Waals surface area contributed by atoms with Gasteiger partial charge >= 0.3 is 0 Å². The molecule has 0 spiro atoms. The Bertz CT molecular complexity index is 217. The van der Waals surface area contributed by atoms with Crippen LogP contribution in [0, 0.1) is 0 Å². The highest BCUT2D eigenvalue weighted by molar-refractivity contribution is 7.99. The van der Waals surface area contributed by atoms with E-state index >= 15 is 0 Å². The number of amides is 1. The fraction of sp³-hybridized carbons (Fsp3) is 0.909. The van der Waals surface area contributed by atoms with Gasteiger partial charge in [0.2, 0.25) is 5.91 Å². The van der Waals surface area contributed by atoms with E-state index < -0.39 is 0 Å². The summed E-state index contributed by atoms with van der Waals surface area (Å²) in [6, 6.07) is 0.0307. The molecule has 1 rings (SSSR count). The third-order valence-corrected chi connectivity index (χ3v) is 3.76. The number of nitrogens with one attached hydrogen (secondary N) is 1. The summed E-state index contributed by atoms with van der Waals surface area (Å²) in [5, 5.41) is 3.28. The molecule has 1 unspecified atom stereocenters. The Hall–Kier alpha value is -0.260. The number of thioether (sulfide) groups is 1. The van der Waals surface area contributed by atoms with E-state index in [0.29, 0.717) is 0 Å². The summed E-state index contributed by atoms with van der Waals surface area (Å²) >= 11 is 1.86. The molecule has 1 fully saturated rings. The van der Waals surface area contributed by atoms with Crippen molar-refractivity contribution in [2.24, 2.45) is 0 Å². The number of likely N-dealkylation sites (N-methyl/N-ethyl adjacent to an activating group) is 1. The maximum absolute atomic E-state index is 12.0. The van der Waals surface area contributed by atoms with Gasteiger partial charge in [-0.15, -0.1) is 0 Å². The van der Waals surface area contributed by atoms with E-state index in [1.165, 1.54) is 0 Å². The standard InChI is InChI=1S/C11H23N3OS/c1-13(2)6-4-7-14(3)11(15)10-9-16-8-5-12-10/h10,12H,4-9H2,1-3H3. The Morgan fingerprint density at radius 2 is 2.12 bits per heavy atom. The molecule has 0 aromatic rings. The average Bonchev–Trinajstić information content (AvgIpc) is 2.28. The van der Waals surface area contributed by atoms with Crippen LogP contribution < -0.4 is 5.32 Å². The molecule has 1 aliphatic rings. The minimum absolute atomic E-state index is 0.0307. The first kappa shape index (κ1) is 13.8. The topological polar surface area (TPSA) is 35.6 Å². The lowest BCUT2D eigenvalue weighted by molar-refractivity contribution is -0.131. The minimum Gasteiger partial charge on any atom is -0.344 e. The Balaban J connectivity index is 2.23. The van der Waals surface area contributed by atoms with Crippen molar-refractivity contribution in [2.75, 3.05) is 52.3 Å². The highest BCUT2D eigenvalue weighted by Gasteiger charge is 2.23. The zero-order chi connectivity index (χ0) is 12.0. The van der Waals surface area contributed by atoms with Crippen molar-refractivity contribution < 1.29 is 4.79 Å². The maximum atomic E-state index is 12.0. The van der Waals surface area contributed by atoms with Crippen LogP contribution in [0.5, 0.6) is 0 Å². The van der Waals surface area contributed by atoms with Gasteiger partial charge < -0.3 is 15.1 Å². The van der Waals surface area contributed by atoms with Gasteiger partial charge in [-0.1, -0.05) is 0 Å². The molecule has 0 saturated carbocycles. The molecule has 0 aromatic heterocycles. The number of hydrogen-bond donors (Lipinski definition) is 1. The maximum Gasteiger partial charge on any atom is 0.240 e. The Kier molecular flexibility index (Phi) is 6.16. The molecule has 0 aromatic carbocycles. The summed E-state index contributed by atoms with van der Waals surface area (Å²) in [4.78, 5) is 16.0. The number of rotatable bonds is 5. The van der Waals surface area contributed by atoms with Crippen LogP contribution in [-0.4, -0.2) is 74.0 Å². The fourth-order valence-electron chi connectivity index (χ4n) is 1.72. The third kappa shape index (κ3) is 4.72. The molecule has 5 heteroatoms. The fourth-order valence-corrected chi connectivity index (χ4v) is 2.65. The number of carbonyl (C=O) groups is 1. The van der Waals surface area contributed by atoms with Crippen molar-refractivity contribution in [1.82, 2.24) is 15.1 Å². The Morgan fingerprint density at radius 1 is 1.38 bits per heavy atom. The second kappa shape index (κ2) is 7.14. The molecule has 1 atom stereocenters. The number of hydrogen-bond acceptors (Lipinski definition) is 4. The van der Waals surface area contributed by atoms with Gasteiger partial charge in [-0.2, -0.15) is 11.8 Å². The predicted molar refractivity (Wildman–Crippen MR) is 69.9 cm³/mol. The van der Waals surface area contributed by atoms with Crippen molar-refractivity contribution >= 4 is 17.7 Å².